The van der Waals surface area contributed by atoms with E-state index in [0.717, 1.165) is 54.6 Å². The van der Waals surface area contributed by atoms with Gasteiger partial charge in [-0.1, -0.05) is 24.3 Å². The number of aryl methyl sites for hydroxylation is 1. The highest BCUT2D eigenvalue weighted by atomic mass is 16.6. The Hall–Kier alpha value is -4.12. The zero-order chi connectivity index (χ0) is 32.7. The number of methoxy groups -OCH3 is 1. The number of likely N-dealkylation sites (tertiary alicyclic amines) is 1. The van der Waals surface area contributed by atoms with Crippen LogP contribution in [0.2, 0.25) is 0 Å². The van der Waals surface area contributed by atoms with Gasteiger partial charge >= 0.3 is 11.8 Å². The van der Waals surface area contributed by atoms with Crippen molar-refractivity contribution in [3.63, 3.8) is 0 Å². The molecule has 3 amide bonds. The van der Waals surface area contributed by atoms with Gasteiger partial charge in [0.25, 0.3) is 5.91 Å². The number of fused-ring (bicyclic) bond motifs is 1. The van der Waals surface area contributed by atoms with Crippen LogP contribution in [-0.4, -0.2) is 87.2 Å². The molecule has 3 aromatic rings. The molecule has 2 aromatic carbocycles. The number of benzene rings is 2. The highest BCUT2D eigenvalue weighted by molar-refractivity contribution is 6.00. The summed E-state index contributed by atoms with van der Waals surface area (Å²) >= 11 is 0. The lowest BCUT2D eigenvalue weighted by Crippen LogP contribution is -2.51. The van der Waals surface area contributed by atoms with Crippen molar-refractivity contribution in [2.45, 2.75) is 70.6 Å². The molecule has 2 saturated heterocycles. The van der Waals surface area contributed by atoms with Gasteiger partial charge in [0.05, 0.1) is 24.7 Å². The predicted octanol–water partition coefficient (Wildman–Crippen LogP) is 4.29. The molecule has 0 N–H and O–H groups in total. The van der Waals surface area contributed by atoms with Crippen LogP contribution in [-0.2, 0) is 27.9 Å². The van der Waals surface area contributed by atoms with Gasteiger partial charge in [-0.3, -0.25) is 28.5 Å². The molecule has 0 radical (unpaired) electrons. The van der Waals surface area contributed by atoms with Gasteiger partial charge < -0.3 is 14.4 Å². The Bertz CT molecular complexity index is 1670. The first kappa shape index (κ1) is 31.8. The lowest BCUT2D eigenvalue weighted by molar-refractivity contribution is -0.151. The van der Waals surface area contributed by atoms with Crippen molar-refractivity contribution < 1.29 is 23.9 Å². The van der Waals surface area contributed by atoms with E-state index in [-0.39, 0.29) is 36.6 Å². The standard InChI is InChI=1S/C35H45N5O6/c1-35(2,3)46-34(44)38-17-15-37(16-18-38)21-24-19-25(20-24)27-7-6-8-28-31(27)36(4)33(43)40(28)29-13-14-30(41)39(32(29)42)22-23-9-11-26(45-5)12-10-23/h6-12,24-25,29H,13-22H2,1-5H3/t24-,25-,29?. The van der Waals surface area contributed by atoms with E-state index in [1.807, 2.05) is 45.0 Å². The molecule has 1 aliphatic carbocycles. The number of hydrogen-bond acceptors (Lipinski definition) is 7. The molecule has 0 bridgehead atoms. The summed E-state index contributed by atoms with van der Waals surface area (Å²) in [6, 6.07) is 12.6. The van der Waals surface area contributed by atoms with Gasteiger partial charge in [0.15, 0.2) is 0 Å². The molecule has 46 heavy (non-hydrogen) atoms. The summed E-state index contributed by atoms with van der Waals surface area (Å²) in [5, 5.41) is 0. The Morgan fingerprint density at radius 1 is 0.957 bits per heavy atom. The molecule has 1 atom stereocenters. The number of carbonyl (C=O) groups excluding carboxylic acids is 3. The van der Waals surface area contributed by atoms with Gasteiger partial charge in [0.1, 0.15) is 17.4 Å². The smallest absolute Gasteiger partial charge is 0.410 e. The van der Waals surface area contributed by atoms with E-state index in [2.05, 4.69) is 11.0 Å². The Morgan fingerprint density at radius 3 is 2.30 bits per heavy atom. The third-order valence-corrected chi connectivity index (χ3v) is 9.65. The van der Waals surface area contributed by atoms with E-state index < -0.39 is 11.6 Å². The molecule has 0 spiro atoms. The lowest BCUT2D eigenvalue weighted by atomic mass is 9.71. The molecule has 1 saturated carbocycles. The summed E-state index contributed by atoms with van der Waals surface area (Å²) in [6.07, 6.45) is 2.31. The third-order valence-electron chi connectivity index (χ3n) is 9.65. The fraction of sp³-hybridized carbons (Fsp3) is 0.543. The molecule has 2 aliphatic heterocycles. The minimum Gasteiger partial charge on any atom is -0.497 e. The van der Waals surface area contributed by atoms with E-state index >= 15 is 0 Å². The van der Waals surface area contributed by atoms with Gasteiger partial charge in [0.2, 0.25) is 5.91 Å². The van der Waals surface area contributed by atoms with Crippen LogP contribution < -0.4 is 10.4 Å². The minimum atomic E-state index is -0.740. The Kier molecular flexibility index (Phi) is 8.71. The number of amides is 3. The highest BCUT2D eigenvalue weighted by Crippen LogP contribution is 2.44. The molecule has 3 aliphatic rings. The summed E-state index contributed by atoms with van der Waals surface area (Å²) in [5.74, 6) is 1.01. The van der Waals surface area contributed by atoms with Crippen LogP contribution >= 0.6 is 0 Å². The number of imide groups is 1. The first-order valence-corrected chi connectivity index (χ1v) is 16.3. The second kappa shape index (κ2) is 12.6. The topological polar surface area (TPSA) is 106 Å². The van der Waals surface area contributed by atoms with Gasteiger partial charge in [-0.15, -0.1) is 0 Å². The zero-order valence-electron chi connectivity index (χ0n) is 27.5. The number of piperidine rings is 1. The van der Waals surface area contributed by atoms with E-state index in [4.69, 9.17) is 9.47 Å². The number of imidazole rings is 1. The van der Waals surface area contributed by atoms with Crippen LogP contribution in [0.1, 0.15) is 69.5 Å². The molecule has 6 rings (SSSR count). The summed E-state index contributed by atoms with van der Waals surface area (Å²) in [6.45, 7) is 9.81. The van der Waals surface area contributed by atoms with Crippen molar-refractivity contribution in [2.75, 3.05) is 39.8 Å². The van der Waals surface area contributed by atoms with Crippen LogP contribution in [0, 0.1) is 5.92 Å². The van der Waals surface area contributed by atoms with Crippen molar-refractivity contribution in [3.05, 3.63) is 64.1 Å². The molecule has 11 heteroatoms. The minimum absolute atomic E-state index is 0.155. The van der Waals surface area contributed by atoms with Crippen LogP contribution in [0.15, 0.2) is 47.3 Å². The third kappa shape index (κ3) is 6.29. The van der Waals surface area contributed by atoms with Crippen molar-refractivity contribution in [2.24, 2.45) is 13.0 Å². The Morgan fingerprint density at radius 2 is 1.65 bits per heavy atom. The monoisotopic (exact) mass is 631 g/mol. The van der Waals surface area contributed by atoms with Crippen molar-refractivity contribution >= 4 is 28.9 Å². The second-order valence-corrected chi connectivity index (χ2v) is 13.9. The van der Waals surface area contributed by atoms with E-state index in [9.17, 15) is 19.2 Å². The lowest BCUT2D eigenvalue weighted by Gasteiger charge is -2.42. The Balaban J connectivity index is 1.13. The van der Waals surface area contributed by atoms with Crippen LogP contribution in [0.4, 0.5) is 4.79 Å². The Labute approximate surface area is 269 Å². The molecule has 3 fully saturated rings. The number of piperazine rings is 1. The maximum Gasteiger partial charge on any atom is 0.410 e. The highest BCUT2D eigenvalue weighted by Gasteiger charge is 2.39. The van der Waals surface area contributed by atoms with Crippen LogP contribution in [0.3, 0.4) is 0 Å². The fourth-order valence-corrected chi connectivity index (χ4v) is 7.18. The summed E-state index contributed by atoms with van der Waals surface area (Å²) in [4.78, 5) is 58.3. The normalized spacial score (nSPS) is 22.7. The number of aromatic nitrogens is 2. The van der Waals surface area contributed by atoms with Crippen molar-refractivity contribution in [1.29, 1.82) is 0 Å². The molecule has 11 nitrogen and oxygen atoms in total. The number of hydrogen-bond donors (Lipinski definition) is 0. The summed E-state index contributed by atoms with van der Waals surface area (Å²) < 4.78 is 14.0. The maximum atomic E-state index is 13.8. The fourth-order valence-electron chi connectivity index (χ4n) is 7.18. The number of rotatable bonds is 7. The number of para-hydroxylation sites is 1. The molecular formula is C35H45N5O6. The van der Waals surface area contributed by atoms with E-state index in [0.29, 0.717) is 37.1 Å². The SMILES string of the molecule is COc1ccc(CN2C(=O)CCC(n3c(=O)n(C)c4c3cccc4[C@H]3C[C@H](CN4CCN(C(=O)OC(C)(C)C)CC4)C3)C2=O)cc1. The van der Waals surface area contributed by atoms with Gasteiger partial charge in [-0.05, 0) is 81.2 Å². The average molecular weight is 632 g/mol. The van der Waals surface area contributed by atoms with Gasteiger partial charge in [-0.2, -0.15) is 0 Å². The maximum absolute atomic E-state index is 13.8. The summed E-state index contributed by atoms with van der Waals surface area (Å²) in [7, 11) is 3.37. The predicted molar refractivity (Wildman–Crippen MR) is 174 cm³/mol. The van der Waals surface area contributed by atoms with E-state index in [1.54, 1.807) is 40.3 Å². The van der Waals surface area contributed by atoms with Crippen molar-refractivity contribution in [1.82, 2.24) is 23.8 Å². The number of carbonyl (C=O) groups is 3. The molecule has 1 aromatic heterocycles. The molecule has 3 heterocycles. The first-order valence-electron chi connectivity index (χ1n) is 16.3. The van der Waals surface area contributed by atoms with Crippen LogP contribution in [0.25, 0.3) is 11.0 Å². The number of ether oxygens (including phenoxy) is 2. The molecule has 246 valence electrons. The largest absolute Gasteiger partial charge is 0.497 e. The number of nitrogens with zero attached hydrogens (tertiary/aromatic N) is 5. The quantitative estimate of drug-likeness (QED) is 0.359. The van der Waals surface area contributed by atoms with E-state index in [1.165, 1.54) is 4.90 Å². The molecular weight excluding hydrogens is 586 g/mol. The summed E-state index contributed by atoms with van der Waals surface area (Å²) in [5.41, 5.74) is 2.83. The first-order chi connectivity index (χ1) is 21.9. The second-order valence-electron chi connectivity index (χ2n) is 13.9. The van der Waals surface area contributed by atoms with Crippen molar-refractivity contribution in [3.8, 4) is 5.75 Å². The average Bonchev–Trinajstić information content (AvgIpc) is 3.26. The van der Waals surface area contributed by atoms with Gasteiger partial charge in [0, 0.05) is 46.2 Å². The van der Waals surface area contributed by atoms with Gasteiger partial charge in [-0.25, -0.2) is 9.59 Å². The zero-order valence-corrected chi connectivity index (χ0v) is 27.5. The van der Waals surface area contributed by atoms with Crippen LogP contribution in [0.5, 0.6) is 5.75 Å². The molecule has 1 unspecified atom stereocenters.